The summed E-state index contributed by atoms with van der Waals surface area (Å²) in [6.07, 6.45) is 0.428. The Kier molecular flexibility index (Phi) is 3.83. The number of phosphoric acid groups is 1. The molecule has 3 N–H and O–H groups in total. The van der Waals surface area contributed by atoms with Gasteiger partial charge in [0.1, 0.15) is 11.9 Å². The number of rotatable bonds is 4. The average molecular weight is 341 g/mol. The standard InChI is InChI=1S/C13H12NO8P/c15-9-5-7(6-11-12(9)21-11)14(17)13(16)8-3-1-2-4-10(8)22-23(18,19)20/h1-5,11-12,17H,6H2,(H2,18,19,20). The first-order valence-electron chi connectivity index (χ1n) is 6.53. The van der Waals surface area contributed by atoms with Crippen LogP contribution >= 0.6 is 7.82 Å². The molecular formula is C13H12NO8P. The van der Waals surface area contributed by atoms with Gasteiger partial charge in [-0.05, 0) is 12.1 Å². The quantitative estimate of drug-likeness (QED) is 0.314. The van der Waals surface area contributed by atoms with Crippen LogP contribution in [0.4, 0.5) is 0 Å². The zero-order valence-electron chi connectivity index (χ0n) is 11.5. The van der Waals surface area contributed by atoms with Crippen LogP contribution in [0.1, 0.15) is 16.8 Å². The molecule has 3 rings (SSSR count). The highest BCUT2D eigenvalue weighted by molar-refractivity contribution is 7.46. The molecule has 2 unspecified atom stereocenters. The number of fused-ring (bicyclic) bond motifs is 1. The molecule has 1 aromatic carbocycles. The van der Waals surface area contributed by atoms with Crippen molar-refractivity contribution in [2.24, 2.45) is 0 Å². The third-order valence-corrected chi connectivity index (χ3v) is 3.82. The van der Waals surface area contributed by atoms with E-state index in [9.17, 15) is 19.4 Å². The molecule has 0 spiro atoms. The molecule has 1 saturated heterocycles. The van der Waals surface area contributed by atoms with E-state index in [1.54, 1.807) is 0 Å². The van der Waals surface area contributed by atoms with Crippen molar-refractivity contribution in [1.82, 2.24) is 5.06 Å². The van der Waals surface area contributed by atoms with Crippen LogP contribution in [0, 0.1) is 0 Å². The highest BCUT2D eigenvalue weighted by Crippen LogP contribution is 2.40. The second-order valence-corrected chi connectivity index (χ2v) is 6.20. The van der Waals surface area contributed by atoms with Crippen molar-refractivity contribution < 1.29 is 38.4 Å². The molecule has 1 aliphatic carbocycles. The molecular weight excluding hydrogens is 329 g/mol. The second-order valence-electron chi connectivity index (χ2n) is 5.03. The number of amides is 1. The van der Waals surface area contributed by atoms with Crippen LogP contribution in [-0.2, 0) is 14.1 Å². The number of hydroxylamine groups is 2. The van der Waals surface area contributed by atoms with Crippen molar-refractivity contribution in [1.29, 1.82) is 0 Å². The van der Waals surface area contributed by atoms with Gasteiger partial charge in [0.15, 0.2) is 5.78 Å². The van der Waals surface area contributed by atoms with Gasteiger partial charge in [-0.15, -0.1) is 0 Å². The summed E-state index contributed by atoms with van der Waals surface area (Å²) in [6, 6.07) is 5.27. The molecule has 0 radical (unpaired) electrons. The van der Waals surface area contributed by atoms with Gasteiger partial charge in [-0.2, -0.15) is 5.06 Å². The van der Waals surface area contributed by atoms with Crippen molar-refractivity contribution in [2.45, 2.75) is 18.6 Å². The first-order valence-corrected chi connectivity index (χ1v) is 8.06. The number of para-hydroxylation sites is 1. The Labute approximate surface area is 129 Å². The van der Waals surface area contributed by atoms with E-state index in [0.717, 1.165) is 6.08 Å². The summed E-state index contributed by atoms with van der Waals surface area (Å²) < 4.78 is 20.5. The average Bonchev–Trinajstić information content (AvgIpc) is 3.24. The van der Waals surface area contributed by atoms with E-state index < -0.39 is 19.8 Å². The number of epoxide rings is 1. The lowest BCUT2D eigenvalue weighted by atomic mass is 10.0. The third kappa shape index (κ3) is 3.34. The van der Waals surface area contributed by atoms with Gasteiger partial charge in [0, 0.05) is 12.5 Å². The zero-order chi connectivity index (χ0) is 16.8. The maximum Gasteiger partial charge on any atom is 0.524 e. The lowest BCUT2D eigenvalue weighted by Crippen LogP contribution is -2.31. The van der Waals surface area contributed by atoms with Gasteiger partial charge in [0.2, 0.25) is 0 Å². The van der Waals surface area contributed by atoms with Gasteiger partial charge in [0.25, 0.3) is 5.91 Å². The van der Waals surface area contributed by atoms with Crippen LogP contribution < -0.4 is 4.52 Å². The maximum absolute atomic E-state index is 12.3. The third-order valence-electron chi connectivity index (χ3n) is 3.38. The number of hydrogen-bond donors (Lipinski definition) is 3. The molecule has 0 aromatic heterocycles. The summed E-state index contributed by atoms with van der Waals surface area (Å²) in [5.74, 6) is -1.71. The number of phosphoric ester groups is 1. The summed E-state index contributed by atoms with van der Waals surface area (Å²) in [5.41, 5.74) is -0.213. The molecule has 10 heteroatoms. The van der Waals surface area contributed by atoms with Crippen molar-refractivity contribution in [3.63, 3.8) is 0 Å². The Hall–Kier alpha value is -2.03. The Balaban J connectivity index is 1.86. The fourth-order valence-electron chi connectivity index (χ4n) is 2.30. The number of carbonyl (C=O) groups excluding carboxylic acids is 2. The normalized spacial score (nSPS) is 22.9. The van der Waals surface area contributed by atoms with Crippen molar-refractivity contribution in [3.05, 3.63) is 41.6 Å². The van der Waals surface area contributed by atoms with Gasteiger partial charge < -0.3 is 9.26 Å². The number of nitrogens with zero attached hydrogens (tertiary/aromatic N) is 1. The van der Waals surface area contributed by atoms with E-state index in [1.165, 1.54) is 24.3 Å². The highest BCUT2D eigenvalue weighted by atomic mass is 31.2. The highest BCUT2D eigenvalue weighted by Gasteiger charge is 2.48. The second kappa shape index (κ2) is 5.55. The monoisotopic (exact) mass is 341 g/mol. The summed E-state index contributed by atoms with van der Waals surface area (Å²) in [4.78, 5) is 41.7. The van der Waals surface area contributed by atoms with Crippen molar-refractivity contribution in [3.8, 4) is 5.75 Å². The molecule has 1 aliphatic heterocycles. The molecule has 1 heterocycles. The van der Waals surface area contributed by atoms with Gasteiger partial charge in [0.05, 0.1) is 17.4 Å². The lowest BCUT2D eigenvalue weighted by Gasteiger charge is -2.20. The fraction of sp³-hybridized carbons (Fsp3) is 0.231. The maximum atomic E-state index is 12.3. The van der Waals surface area contributed by atoms with Gasteiger partial charge in [-0.3, -0.25) is 24.6 Å². The van der Waals surface area contributed by atoms with Crippen LogP contribution in [-0.4, -0.2) is 44.0 Å². The first-order chi connectivity index (χ1) is 10.8. The van der Waals surface area contributed by atoms with Crippen LogP contribution in [0.3, 0.4) is 0 Å². The predicted molar refractivity (Wildman–Crippen MR) is 73.4 cm³/mol. The first kappa shape index (κ1) is 15.9. The van der Waals surface area contributed by atoms with Crippen molar-refractivity contribution in [2.75, 3.05) is 0 Å². The van der Waals surface area contributed by atoms with E-state index >= 15 is 0 Å². The largest absolute Gasteiger partial charge is 0.524 e. The van der Waals surface area contributed by atoms with E-state index in [2.05, 4.69) is 4.52 Å². The van der Waals surface area contributed by atoms with E-state index in [-0.39, 0.29) is 40.4 Å². The van der Waals surface area contributed by atoms with E-state index in [0.29, 0.717) is 0 Å². The van der Waals surface area contributed by atoms with Crippen LogP contribution in [0.2, 0.25) is 0 Å². The molecule has 0 saturated carbocycles. The summed E-state index contributed by atoms with van der Waals surface area (Å²) in [5, 5.41) is 10.3. The summed E-state index contributed by atoms with van der Waals surface area (Å²) in [6.45, 7) is 0. The van der Waals surface area contributed by atoms with Gasteiger partial charge in [-0.25, -0.2) is 4.57 Å². The molecule has 23 heavy (non-hydrogen) atoms. The number of benzene rings is 1. The van der Waals surface area contributed by atoms with Gasteiger partial charge in [-0.1, -0.05) is 12.1 Å². The molecule has 2 aliphatic rings. The molecule has 122 valence electrons. The Morgan fingerprint density at radius 2 is 2.04 bits per heavy atom. The van der Waals surface area contributed by atoms with Crippen LogP contribution in [0.25, 0.3) is 0 Å². The fourth-order valence-corrected chi connectivity index (χ4v) is 2.72. The molecule has 2 atom stereocenters. The SMILES string of the molecule is O=C1C=C(N(O)C(=O)c2ccccc2OP(=O)(O)O)CC2OC12. The molecule has 1 aromatic rings. The zero-order valence-corrected chi connectivity index (χ0v) is 12.4. The Bertz CT molecular complexity index is 754. The lowest BCUT2D eigenvalue weighted by molar-refractivity contribution is -0.116. The van der Waals surface area contributed by atoms with Crippen LogP contribution in [0.5, 0.6) is 5.75 Å². The van der Waals surface area contributed by atoms with Gasteiger partial charge >= 0.3 is 7.82 Å². The minimum Gasteiger partial charge on any atom is -0.403 e. The molecule has 1 fully saturated rings. The Morgan fingerprint density at radius 3 is 2.70 bits per heavy atom. The number of ketones is 1. The topological polar surface area (TPSA) is 137 Å². The number of carbonyl (C=O) groups is 2. The number of ether oxygens (including phenoxy) is 1. The van der Waals surface area contributed by atoms with E-state index in [4.69, 9.17) is 14.5 Å². The predicted octanol–water partition coefficient (Wildman–Crippen LogP) is 0.614. The van der Waals surface area contributed by atoms with Crippen molar-refractivity contribution >= 4 is 19.5 Å². The molecule has 9 nitrogen and oxygen atoms in total. The van der Waals surface area contributed by atoms with Crippen LogP contribution in [0.15, 0.2) is 36.0 Å². The molecule has 1 amide bonds. The summed E-state index contributed by atoms with van der Waals surface area (Å²) in [7, 11) is -4.87. The number of hydrogen-bond acceptors (Lipinski definition) is 6. The minimum atomic E-state index is -4.87. The minimum absolute atomic E-state index is 0.0460. The smallest absolute Gasteiger partial charge is 0.403 e. The molecule has 0 bridgehead atoms. The van der Waals surface area contributed by atoms with E-state index in [1.807, 2.05) is 0 Å². The summed E-state index contributed by atoms with van der Waals surface area (Å²) >= 11 is 0. The Morgan fingerprint density at radius 1 is 1.35 bits per heavy atom.